The minimum atomic E-state index is -0.975. The molecule has 0 aromatic heterocycles. The third kappa shape index (κ3) is 3.35. The molecular formula is C12H20N2O3. The van der Waals surface area contributed by atoms with Crippen LogP contribution in [-0.4, -0.2) is 29.2 Å². The molecule has 0 heterocycles. The van der Waals surface area contributed by atoms with E-state index in [-0.39, 0.29) is 12.1 Å². The summed E-state index contributed by atoms with van der Waals surface area (Å²) in [6, 6.07) is -0.849. The minimum Gasteiger partial charge on any atom is -0.480 e. The summed E-state index contributed by atoms with van der Waals surface area (Å²) in [7, 11) is 0. The van der Waals surface area contributed by atoms with Crippen LogP contribution in [0.5, 0.6) is 0 Å². The Morgan fingerprint density at radius 2 is 1.71 bits per heavy atom. The number of hydrogen-bond acceptors (Lipinski definition) is 2. The van der Waals surface area contributed by atoms with E-state index in [2.05, 4.69) is 10.6 Å². The number of carboxylic acid groups (broad SMARTS) is 1. The number of nitrogens with one attached hydrogen (secondary N) is 2. The first-order chi connectivity index (χ1) is 8.11. The van der Waals surface area contributed by atoms with Gasteiger partial charge < -0.3 is 15.7 Å². The van der Waals surface area contributed by atoms with Crippen molar-refractivity contribution in [1.82, 2.24) is 10.6 Å². The average Bonchev–Trinajstić information content (AvgIpc) is 3.16. The number of hydrogen-bond donors (Lipinski definition) is 3. The van der Waals surface area contributed by atoms with E-state index in [4.69, 9.17) is 5.11 Å². The normalized spacial score (nSPS) is 21.1. The Labute approximate surface area is 101 Å². The second-order valence-corrected chi connectivity index (χ2v) is 5.12. The van der Waals surface area contributed by atoms with Crippen LogP contribution in [0.25, 0.3) is 0 Å². The molecule has 17 heavy (non-hydrogen) atoms. The van der Waals surface area contributed by atoms with Gasteiger partial charge in [-0.1, -0.05) is 6.92 Å². The van der Waals surface area contributed by atoms with Crippen LogP contribution < -0.4 is 10.6 Å². The van der Waals surface area contributed by atoms with Gasteiger partial charge >= 0.3 is 12.0 Å². The lowest BCUT2D eigenvalue weighted by atomic mass is 10.1. The van der Waals surface area contributed by atoms with Crippen LogP contribution >= 0.6 is 0 Å². The van der Waals surface area contributed by atoms with Gasteiger partial charge in [-0.05, 0) is 43.9 Å². The van der Waals surface area contributed by atoms with E-state index < -0.39 is 12.0 Å². The molecule has 2 amide bonds. The number of urea groups is 1. The smallest absolute Gasteiger partial charge is 0.326 e. The van der Waals surface area contributed by atoms with Gasteiger partial charge in [0.05, 0.1) is 0 Å². The van der Waals surface area contributed by atoms with E-state index in [9.17, 15) is 9.59 Å². The van der Waals surface area contributed by atoms with Crippen molar-refractivity contribution in [3.63, 3.8) is 0 Å². The minimum absolute atomic E-state index is 0.265. The standard InChI is InChI=1S/C12H20N2O3/c1-2-9(11(15)16)13-12(17)14-10(7-3-4-7)8-5-6-8/h7-10H,2-6H2,1H3,(H,15,16)(H2,13,14,17)/t9-/m1/s1. The highest BCUT2D eigenvalue weighted by atomic mass is 16.4. The maximum absolute atomic E-state index is 11.7. The zero-order valence-electron chi connectivity index (χ0n) is 10.1. The van der Waals surface area contributed by atoms with E-state index >= 15 is 0 Å². The van der Waals surface area contributed by atoms with Gasteiger partial charge in [-0.15, -0.1) is 0 Å². The molecule has 3 N–H and O–H groups in total. The zero-order valence-corrected chi connectivity index (χ0v) is 10.1. The summed E-state index contributed by atoms with van der Waals surface area (Å²) in [6.45, 7) is 1.75. The van der Waals surface area contributed by atoms with E-state index in [0.29, 0.717) is 18.3 Å². The predicted molar refractivity (Wildman–Crippen MR) is 62.6 cm³/mol. The molecule has 2 aliphatic rings. The van der Waals surface area contributed by atoms with E-state index in [1.165, 1.54) is 25.7 Å². The second-order valence-electron chi connectivity index (χ2n) is 5.12. The van der Waals surface area contributed by atoms with Crippen molar-refractivity contribution in [2.75, 3.05) is 0 Å². The molecule has 0 aromatic carbocycles. The van der Waals surface area contributed by atoms with Crippen molar-refractivity contribution >= 4 is 12.0 Å². The van der Waals surface area contributed by atoms with Crippen molar-refractivity contribution in [2.45, 2.75) is 51.1 Å². The highest BCUT2D eigenvalue weighted by molar-refractivity contribution is 5.82. The van der Waals surface area contributed by atoms with Gasteiger partial charge in [-0.2, -0.15) is 0 Å². The summed E-state index contributed by atoms with van der Waals surface area (Å²) in [5, 5.41) is 14.3. The van der Waals surface area contributed by atoms with Gasteiger partial charge in [0.25, 0.3) is 0 Å². The lowest BCUT2D eigenvalue weighted by Gasteiger charge is -2.20. The Kier molecular flexibility index (Phi) is 3.54. The first kappa shape index (κ1) is 12.2. The fourth-order valence-corrected chi connectivity index (χ4v) is 2.22. The van der Waals surface area contributed by atoms with Crippen molar-refractivity contribution in [3.8, 4) is 0 Å². The molecular weight excluding hydrogens is 220 g/mol. The van der Waals surface area contributed by atoms with Crippen LogP contribution in [0.3, 0.4) is 0 Å². The largest absolute Gasteiger partial charge is 0.480 e. The lowest BCUT2D eigenvalue weighted by Crippen LogP contribution is -2.50. The van der Waals surface area contributed by atoms with Crippen LogP contribution in [0.2, 0.25) is 0 Å². The molecule has 0 unspecified atom stereocenters. The first-order valence-electron chi connectivity index (χ1n) is 6.41. The topological polar surface area (TPSA) is 78.4 Å². The maximum Gasteiger partial charge on any atom is 0.326 e. The van der Waals surface area contributed by atoms with E-state index in [0.717, 1.165) is 0 Å². The summed E-state index contributed by atoms with van der Waals surface area (Å²) in [6.07, 6.45) is 5.17. The van der Waals surface area contributed by atoms with Gasteiger partial charge in [0, 0.05) is 6.04 Å². The molecule has 2 fully saturated rings. The van der Waals surface area contributed by atoms with Crippen LogP contribution in [-0.2, 0) is 4.79 Å². The number of carbonyl (C=O) groups is 2. The van der Waals surface area contributed by atoms with Crippen LogP contribution in [0, 0.1) is 11.8 Å². The monoisotopic (exact) mass is 240 g/mol. The molecule has 0 bridgehead atoms. The molecule has 0 spiro atoms. The molecule has 96 valence electrons. The SMILES string of the molecule is CC[C@@H](NC(=O)NC(C1CC1)C1CC1)C(=O)O. The Balaban J connectivity index is 1.80. The van der Waals surface area contributed by atoms with Crippen molar-refractivity contribution in [3.05, 3.63) is 0 Å². The second kappa shape index (κ2) is 4.94. The summed E-state index contributed by atoms with van der Waals surface area (Å²) in [4.78, 5) is 22.5. The van der Waals surface area contributed by atoms with Crippen LogP contribution in [0.1, 0.15) is 39.0 Å². The predicted octanol–water partition coefficient (Wildman–Crippen LogP) is 1.34. The molecule has 2 rings (SSSR count). The molecule has 0 aliphatic heterocycles. The van der Waals surface area contributed by atoms with Gasteiger partial charge in [-0.3, -0.25) is 0 Å². The molecule has 2 saturated carbocycles. The van der Waals surface area contributed by atoms with Crippen LogP contribution in [0.15, 0.2) is 0 Å². The molecule has 0 saturated heterocycles. The number of carbonyl (C=O) groups excluding carboxylic acids is 1. The molecule has 1 atom stereocenters. The Morgan fingerprint density at radius 3 is 2.06 bits per heavy atom. The van der Waals surface area contributed by atoms with Crippen molar-refractivity contribution in [1.29, 1.82) is 0 Å². The number of carboxylic acids is 1. The Bertz CT molecular complexity index is 299. The van der Waals surface area contributed by atoms with Gasteiger partial charge in [-0.25, -0.2) is 9.59 Å². The highest BCUT2D eigenvalue weighted by Gasteiger charge is 2.42. The van der Waals surface area contributed by atoms with Crippen molar-refractivity contribution in [2.24, 2.45) is 11.8 Å². The van der Waals surface area contributed by atoms with Gasteiger partial charge in [0.15, 0.2) is 0 Å². The quantitative estimate of drug-likeness (QED) is 0.655. The number of amides is 2. The van der Waals surface area contributed by atoms with Crippen molar-refractivity contribution < 1.29 is 14.7 Å². The molecule has 5 heteroatoms. The van der Waals surface area contributed by atoms with Crippen LogP contribution in [0.4, 0.5) is 4.79 Å². The van der Waals surface area contributed by atoms with E-state index in [1.807, 2.05) is 0 Å². The highest BCUT2D eigenvalue weighted by Crippen LogP contribution is 2.44. The molecule has 0 radical (unpaired) electrons. The molecule has 5 nitrogen and oxygen atoms in total. The molecule has 2 aliphatic carbocycles. The Morgan fingerprint density at radius 1 is 1.18 bits per heavy atom. The maximum atomic E-state index is 11.7. The first-order valence-corrected chi connectivity index (χ1v) is 6.41. The number of aliphatic carboxylic acids is 1. The fourth-order valence-electron chi connectivity index (χ4n) is 2.22. The Hall–Kier alpha value is -1.26. The van der Waals surface area contributed by atoms with Gasteiger partial charge in [0.2, 0.25) is 0 Å². The summed E-state index contributed by atoms with van der Waals surface area (Å²) < 4.78 is 0. The van der Waals surface area contributed by atoms with E-state index in [1.54, 1.807) is 6.92 Å². The summed E-state index contributed by atoms with van der Waals surface area (Å²) in [5.74, 6) is 0.272. The van der Waals surface area contributed by atoms with Gasteiger partial charge in [0.1, 0.15) is 6.04 Å². The number of rotatable bonds is 6. The average molecular weight is 240 g/mol. The lowest BCUT2D eigenvalue weighted by molar-refractivity contribution is -0.139. The third-order valence-corrected chi connectivity index (χ3v) is 3.57. The molecule has 0 aromatic rings. The third-order valence-electron chi connectivity index (χ3n) is 3.57. The zero-order chi connectivity index (χ0) is 12.4. The fraction of sp³-hybridized carbons (Fsp3) is 0.833. The summed E-state index contributed by atoms with van der Waals surface area (Å²) in [5.41, 5.74) is 0. The summed E-state index contributed by atoms with van der Waals surface area (Å²) >= 11 is 0.